The van der Waals surface area contributed by atoms with Crippen molar-refractivity contribution in [2.45, 2.75) is 25.3 Å². The summed E-state index contributed by atoms with van der Waals surface area (Å²) in [6, 6.07) is 9.70. The number of nitrogens with one attached hydrogen (secondary N) is 1. The zero-order valence-electron chi connectivity index (χ0n) is 11.4. The first-order chi connectivity index (χ1) is 9.69. The summed E-state index contributed by atoms with van der Waals surface area (Å²) in [5.74, 6) is 0.643. The van der Waals surface area contributed by atoms with Crippen molar-refractivity contribution in [3.63, 3.8) is 0 Å². The van der Waals surface area contributed by atoms with Gasteiger partial charge in [-0.3, -0.25) is 4.79 Å². The zero-order valence-corrected chi connectivity index (χ0v) is 11.4. The molecule has 0 saturated heterocycles. The van der Waals surface area contributed by atoms with Crippen LogP contribution in [0.5, 0.6) is 5.88 Å². The lowest BCUT2D eigenvalue weighted by Gasteiger charge is -2.12. The lowest BCUT2D eigenvalue weighted by atomic mass is 10.0. The van der Waals surface area contributed by atoms with Gasteiger partial charge < -0.3 is 14.6 Å². The Kier molecular flexibility index (Phi) is 3.18. The number of benzene rings is 1. The van der Waals surface area contributed by atoms with Crippen LogP contribution in [-0.2, 0) is 0 Å². The van der Waals surface area contributed by atoms with Crippen LogP contribution in [0.2, 0.25) is 0 Å². The number of fused-ring (bicyclic) bond motifs is 1. The Bertz CT molecular complexity index is 636. The molecule has 2 atom stereocenters. The van der Waals surface area contributed by atoms with Gasteiger partial charge in [0.05, 0.1) is 19.2 Å². The highest BCUT2D eigenvalue weighted by Crippen LogP contribution is 2.39. The molecule has 0 saturated carbocycles. The topological polar surface area (TPSA) is 64.4 Å². The van der Waals surface area contributed by atoms with Crippen LogP contribution in [0, 0.1) is 0 Å². The van der Waals surface area contributed by atoms with Crippen molar-refractivity contribution in [3.8, 4) is 5.88 Å². The normalized spacial score (nSPS) is 20.5. The van der Waals surface area contributed by atoms with E-state index >= 15 is 0 Å². The van der Waals surface area contributed by atoms with Crippen molar-refractivity contribution in [1.82, 2.24) is 10.5 Å². The molecule has 1 aromatic heterocycles. The van der Waals surface area contributed by atoms with Crippen LogP contribution in [-0.4, -0.2) is 18.2 Å². The average Bonchev–Trinajstić information content (AvgIpc) is 3.05. The van der Waals surface area contributed by atoms with Gasteiger partial charge in [-0.1, -0.05) is 31.2 Å². The van der Waals surface area contributed by atoms with Crippen molar-refractivity contribution in [2.75, 3.05) is 7.11 Å². The number of ether oxygens (including phenoxy) is 1. The first kappa shape index (κ1) is 12.7. The molecular formula is C15H16N2O3. The first-order valence-electron chi connectivity index (χ1n) is 6.59. The fraction of sp³-hybridized carbons (Fsp3) is 0.333. The minimum absolute atomic E-state index is 0.0183. The van der Waals surface area contributed by atoms with Crippen molar-refractivity contribution in [1.29, 1.82) is 0 Å². The number of rotatable bonds is 3. The number of aromatic nitrogens is 1. The predicted octanol–water partition coefficient (Wildman–Crippen LogP) is 2.66. The molecule has 20 heavy (non-hydrogen) atoms. The van der Waals surface area contributed by atoms with Crippen LogP contribution in [0.3, 0.4) is 0 Å². The molecule has 2 aromatic rings. The van der Waals surface area contributed by atoms with E-state index in [-0.39, 0.29) is 17.7 Å². The third kappa shape index (κ3) is 2.15. The quantitative estimate of drug-likeness (QED) is 0.933. The molecule has 1 aromatic carbocycles. The Hall–Kier alpha value is -2.30. The molecule has 0 bridgehead atoms. The summed E-state index contributed by atoms with van der Waals surface area (Å²) in [6.45, 7) is 2.17. The third-order valence-corrected chi connectivity index (χ3v) is 3.72. The summed E-state index contributed by atoms with van der Waals surface area (Å²) < 4.78 is 9.86. The predicted molar refractivity (Wildman–Crippen MR) is 72.7 cm³/mol. The minimum atomic E-state index is -0.269. The van der Waals surface area contributed by atoms with E-state index in [1.807, 2.05) is 12.1 Å². The highest BCUT2D eigenvalue weighted by molar-refractivity contribution is 5.92. The van der Waals surface area contributed by atoms with Gasteiger partial charge in [-0.25, -0.2) is 0 Å². The lowest BCUT2D eigenvalue weighted by Crippen LogP contribution is -2.26. The molecule has 5 heteroatoms. The Labute approximate surface area is 116 Å². The van der Waals surface area contributed by atoms with Crippen LogP contribution in [0.1, 0.15) is 47.0 Å². The molecule has 1 aliphatic carbocycles. The van der Waals surface area contributed by atoms with Gasteiger partial charge in [-0.15, -0.1) is 0 Å². The zero-order chi connectivity index (χ0) is 14.1. The van der Waals surface area contributed by atoms with Crippen molar-refractivity contribution in [3.05, 3.63) is 47.2 Å². The molecule has 1 aliphatic rings. The van der Waals surface area contributed by atoms with Crippen LogP contribution in [0.25, 0.3) is 0 Å². The highest BCUT2D eigenvalue weighted by Gasteiger charge is 2.29. The molecule has 1 N–H and O–H groups in total. The van der Waals surface area contributed by atoms with Crippen LogP contribution in [0.15, 0.2) is 34.9 Å². The summed E-state index contributed by atoms with van der Waals surface area (Å²) >= 11 is 0. The fourth-order valence-electron chi connectivity index (χ4n) is 2.71. The van der Waals surface area contributed by atoms with Crippen LogP contribution < -0.4 is 10.1 Å². The van der Waals surface area contributed by atoms with E-state index in [1.54, 1.807) is 0 Å². The average molecular weight is 272 g/mol. The maximum absolute atomic E-state index is 12.1. The summed E-state index contributed by atoms with van der Waals surface area (Å²) in [7, 11) is 1.48. The van der Waals surface area contributed by atoms with Gasteiger partial charge in [0.25, 0.3) is 11.8 Å². The Morgan fingerprint density at radius 2 is 2.15 bits per heavy atom. The first-order valence-corrected chi connectivity index (χ1v) is 6.59. The SMILES string of the molecule is COc1cc(C(=O)N[C@H]2C[C@H](C)c3ccccc32)on1. The largest absolute Gasteiger partial charge is 0.479 e. The highest BCUT2D eigenvalue weighted by atomic mass is 16.5. The van der Waals surface area contributed by atoms with E-state index in [4.69, 9.17) is 9.26 Å². The molecule has 1 heterocycles. The van der Waals surface area contributed by atoms with Crippen LogP contribution in [0.4, 0.5) is 0 Å². The number of methoxy groups -OCH3 is 1. The second-order valence-electron chi connectivity index (χ2n) is 5.03. The van der Waals surface area contributed by atoms with E-state index < -0.39 is 0 Å². The Balaban J connectivity index is 1.77. The molecule has 1 amide bonds. The van der Waals surface area contributed by atoms with Gasteiger partial charge in [-0.2, -0.15) is 0 Å². The van der Waals surface area contributed by atoms with Crippen LogP contribution >= 0.6 is 0 Å². The number of amides is 1. The van der Waals surface area contributed by atoms with Crippen molar-refractivity contribution in [2.24, 2.45) is 0 Å². The molecule has 5 nitrogen and oxygen atoms in total. The lowest BCUT2D eigenvalue weighted by molar-refractivity contribution is 0.0898. The fourth-order valence-corrected chi connectivity index (χ4v) is 2.71. The Morgan fingerprint density at radius 1 is 1.40 bits per heavy atom. The number of nitrogens with zero attached hydrogens (tertiary/aromatic N) is 1. The molecule has 0 fully saturated rings. The van der Waals surface area contributed by atoms with E-state index in [0.717, 1.165) is 6.42 Å². The van der Waals surface area contributed by atoms with E-state index in [9.17, 15) is 4.79 Å². The molecular weight excluding hydrogens is 256 g/mol. The standard InChI is InChI=1S/C15H16N2O3/c1-9-7-12(11-6-4-3-5-10(9)11)16-15(18)13-8-14(19-2)17-20-13/h3-6,8-9,12H,7H2,1-2H3,(H,16,18)/t9-,12-/m0/s1. The minimum Gasteiger partial charge on any atom is -0.479 e. The van der Waals surface area contributed by atoms with Gasteiger partial charge in [-0.05, 0) is 28.6 Å². The molecule has 0 spiro atoms. The maximum atomic E-state index is 12.1. The molecule has 0 aliphatic heterocycles. The van der Waals surface area contributed by atoms with E-state index in [2.05, 4.69) is 29.5 Å². The Morgan fingerprint density at radius 3 is 2.85 bits per heavy atom. The maximum Gasteiger partial charge on any atom is 0.290 e. The van der Waals surface area contributed by atoms with Gasteiger partial charge >= 0.3 is 0 Å². The van der Waals surface area contributed by atoms with Crippen molar-refractivity contribution >= 4 is 5.91 Å². The van der Waals surface area contributed by atoms with Gasteiger partial charge in [0, 0.05) is 0 Å². The van der Waals surface area contributed by atoms with Gasteiger partial charge in [0.1, 0.15) is 0 Å². The second kappa shape index (κ2) is 5.00. The second-order valence-corrected chi connectivity index (χ2v) is 5.03. The monoisotopic (exact) mass is 272 g/mol. The number of carbonyl (C=O) groups excluding carboxylic acids is 1. The van der Waals surface area contributed by atoms with Gasteiger partial charge in [0.2, 0.25) is 5.76 Å². The van der Waals surface area contributed by atoms with Gasteiger partial charge in [0.15, 0.2) is 0 Å². The number of hydrogen-bond acceptors (Lipinski definition) is 4. The van der Waals surface area contributed by atoms with E-state index in [1.165, 1.54) is 24.3 Å². The van der Waals surface area contributed by atoms with E-state index in [0.29, 0.717) is 11.8 Å². The molecule has 0 radical (unpaired) electrons. The summed E-state index contributed by atoms with van der Waals surface area (Å²) in [5.41, 5.74) is 2.48. The summed E-state index contributed by atoms with van der Waals surface area (Å²) in [4.78, 5) is 12.1. The smallest absolute Gasteiger partial charge is 0.290 e. The molecule has 3 rings (SSSR count). The van der Waals surface area contributed by atoms with Crippen molar-refractivity contribution < 1.29 is 14.1 Å². The molecule has 104 valence electrons. The summed E-state index contributed by atoms with van der Waals surface area (Å²) in [6.07, 6.45) is 0.899. The number of carbonyl (C=O) groups is 1. The third-order valence-electron chi connectivity index (χ3n) is 3.72. The summed E-state index contributed by atoms with van der Waals surface area (Å²) in [5, 5.41) is 6.62. The number of hydrogen-bond donors (Lipinski definition) is 1. The molecule has 0 unspecified atom stereocenters.